The third kappa shape index (κ3) is 2.43. The molecule has 0 spiro atoms. The zero-order valence-corrected chi connectivity index (χ0v) is 13.5. The molecule has 2 heterocycles. The standard InChI is InChI=1S/C14H10BrCl2N3/c15-10-4-3-9(17)8-12(10)20-13(5-6-16)19-11-2-1-7-18-14(11)20/h1-4,7-8H,5-6H2. The molecule has 20 heavy (non-hydrogen) atoms. The molecule has 0 saturated heterocycles. The molecule has 0 unspecified atom stereocenters. The first kappa shape index (κ1) is 13.9. The lowest BCUT2D eigenvalue weighted by Gasteiger charge is -2.10. The Morgan fingerprint density at radius 2 is 2.10 bits per heavy atom. The van der Waals surface area contributed by atoms with Gasteiger partial charge in [0, 0.05) is 28.0 Å². The van der Waals surface area contributed by atoms with Gasteiger partial charge in [0.1, 0.15) is 11.3 Å². The fraction of sp³-hybridized carbons (Fsp3) is 0.143. The zero-order valence-electron chi connectivity index (χ0n) is 10.4. The van der Waals surface area contributed by atoms with E-state index in [-0.39, 0.29) is 0 Å². The Balaban J connectivity index is 2.33. The minimum absolute atomic E-state index is 0.501. The number of aryl methyl sites for hydroxylation is 1. The fourth-order valence-corrected chi connectivity index (χ4v) is 2.88. The smallest absolute Gasteiger partial charge is 0.164 e. The molecule has 0 aliphatic carbocycles. The Kier molecular flexibility index (Phi) is 3.96. The first-order valence-corrected chi connectivity index (χ1v) is 7.75. The molecule has 3 nitrogen and oxygen atoms in total. The molecule has 0 radical (unpaired) electrons. The summed E-state index contributed by atoms with van der Waals surface area (Å²) in [4.78, 5) is 9.03. The second-order valence-corrected chi connectivity index (χ2v) is 5.91. The molecular weight excluding hydrogens is 361 g/mol. The minimum Gasteiger partial charge on any atom is -0.279 e. The number of benzene rings is 1. The van der Waals surface area contributed by atoms with Gasteiger partial charge in [-0.2, -0.15) is 0 Å². The van der Waals surface area contributed by atoms with Gasteiger partial charge in [-0.1, -0.05) is 11.6 Å². The van der Waals surface area contributed by atoms with Crippen LogP contribution in [0.1, 0.15) is 5.82 Å². The molecule has 0 N–H and O–H groups in total. The van der Waals surface area contributed by atoms with Gasteiger partial charge in [-0.05, 0) is 46.3 Å². The van der Waals surface area contributed by atoms with E-state index in [1.54, 1.807) is 6.20 Å². The average Bonchev–Trinajstić information content (AvgIpc) is 2.80. The van der Waals surface area contributed by atoms with Crippen LogP contribution in [0.4, 0.5) is 0 Å². The maximum Gasteiger partial charge on any atom is 0.164 e. The van der Waals surface area contributed by atoms with Crippen LogP contribution in [-0.4, -0.2) is 20.4 Å². The third-order valence-electron chi connectivity index (χ3n) is 2.95. The molecule has 1 aromatic carbocycles. The Bertz CT molecular complexity index is 770. The molecule has 0 bridgehead atoms. The van der Waals surface area contributed by atoms with Crippen LogP contribution in [0.15, 0.2) is 41.0 Å². The summed E-state index contributed by atoms with van der Waals surface area (Å²) in [5.74, 6) is 1.37. The molecule has 0 saturated carbocycles. The van der Waals surface area contributed by atoms with E-state index >= 15 is 0 Å². The van der Waals surface area contributed by atoms with Crippen LogP contribution in [-0.2, 0) is 6.42 Å². The quantitative estimate of drug-likeness (QED) is 0.630. The van der Waals surface area contributed by atoms with Crippen molar-refractivity contribution in [3.8, 4) is 5.69 Å². The first-order chi connectivity index (χ1) is 9.70. The number of hydrogen-bond acceptors (Lipinski definition) is 2. The van der Waals surface area contributed by atoms with Gasteiger partial charge in [0.05, 0.1) is 5.69 Å². The van der Waals surface area contributed by atoms with Gasteiger partial charge in [-0.15, -0.1) is 11.6 Å². The lowest BCUT2D eigenvalue weighted by molar-refractivity contribution is 0.902. The van der Waals surface area contributed by atoms with E-state index < -0.39 is 0 Å². The van der Waals surface area contributed by atoms with Gasteiger partial charge in [0.2, 0.25) is 0 Å². The molecule has 0 aliphatic heterocycles. The van der Waals surface area contributed by atoms with Crippen LogP contribution in [0.3, 0.4) is 0 Å². The average molecular weight is 371 g/mol. The number of nitrogens with zero attached hydrogens (tertiary/aromatic N) is 3. The topological polar surface area (TPSA) is 30.7 Å². The molecule has 0 amide bonds. The Labute approximate surface area is 134 Å². The highest BCUT2D eigenvalue weighted by atomic mass is 79.9. The van der Waals surface area contributed by atoms with Crippen LogP contribution >= 0.6 is 39.1 Å². The predicted molar refractivity (Wildman–Crippen MR) is 86.0 cm³/mol. The van der Waals surface area contributed by atoms with Gasteiger partial charge in [-0.25, -0.2) is 9.97 Å². The van der Waals surface area contributed by atoms with Crippen LogP contribution in [0, 0.1) is 0 Å². The Hall–Kier alpha value is -1.10. The summed E-state index contributed by atoms with van der Waals surface area (Å²) < 4.78 is 2.93. The predicted octanol–water partition coefficient (Wildman–Crippen LogP) is 4.62. The van der Waals surface area contributed by atoms with Crippen LogP contribution in [0.25, 0.3) is 16.9 Å². The highest BCUT2D eigenvalue weighted by Gasteiger charge is 2.15. The van der Waals surface area contributed by atoms with Gasteiger partial charge in [0.25, 0.3) is 0 Å². The summed E-state index contributed by atoms with van der Waals surface area (Å²) in [6, 6.07) is 9.45. The Morgan fingerprint density at radius 1 is 1.25 bits per heavy atom. The molecule has 0 fully saturated rings. The molecule has 2 aromatic heterocycles. The van der Waals surface area contributed by atoms with Crippen molar-refractivity contribution >= 4 is 50.3 Å². The number of halogens is 3. The number of alkyl halides is 1. The van der Waals surface area contributed by atoms with Gasteiger partial charge in [-0.3, -0.25) is 4.57 Å². The molecule has 6 heteroatoms. The second-order valence-electron chi connectivity index (χ2n) is 4.24. The third-order valence-corrected chi connectivity index (χ3v) is 4.05. The number of hydrogen-bond donors (Lipinski definition) is 0. The van der Waals surface area contributed by atoms with Gasteiger partial charge in [0.15, 0.2) is 5.65 Å². The molecule has 102 valence electrons. The van der Waals surface area contributed by atoms with E-state index in [0.29, 0.717) is 17.3 Å². The van der Waals surface area contributed by atoms with Crippen molar-refractivity contribution in [3.63, 3.8) is 0 Å². The highest BCUT2D eigenvalue weighted by molar-refractivity contribution is 9.10. The maximum atomic E-state index is 6.11. The molecule has 0 aliphatic rings. The van der Waals surface area contributed by atoms with E-state index in [2.05, 4.69) is 25.9 Å². The normalized spacial score (nSPS) is 11.2. The van der Waals surface area contributed by atoms with Gasteiger partial charge < -0.3 is 0 Å². The Morgan fingerprint density at radius 3 is 2.90 bits per heavy atom. The number of imidazole rings is 1. The fourth-order valence-electron chi connectivity index (χ4n) is 2.12. The van der Waals surface area contributed by atoms with Crippen molar-refractivity contribution in [3.05, 3.63) is 51.8 Å². The van der Waals surface area contributed by atoms with Crippen molar-refractivity contribution < 1.29 is 0 Å². The first-order valence-electron chi connectivity index (χ1n) is 6.04. The maximum absolute atomic E-state index is 6.11. The van der Waals surface area contributed by atoms with Gasteiger partial charge >= 0.3 is 0 Å². The minimum atomic E-state index is 0.501. The number of rotatable bonds is 3. The van der Waals surface area contributed by atoms with E-state index in [0.717, 1.165) is 27.1 Å². The number of aromatic nitrogens is 3. The van der Waals surface area contributed by atoms with Crippen molar-refractivity contribution in [1.29, 1.82) is 0 Å². The second kappa shape index (κ2) is 5.72. The largest absolute Gasteiger partial charge is 0.279 e. The SMILES string of the molecule is ClCCc1nc2cccnc2n1-c1cc(Cl)ccc1Br. The van der Waals surface area contributed by atoms with Crippen LogP contribution in [0.2, 0.25) is 5.02 Å². The van der Waals surface area contributed by atoms with E-state index in [9.17, 15) is 0 Å². The molecular formula is C14H10BrCl2N3. The van der Waals surface area contributed by atoms with Crippen LogP contribution < -0.4 is 0 Å². The van der Waals surface area contributed by atoms with Crippen LogP contribution in [0.5, 0.6) is 0 Å². The lowest BCUT2D eigenvalue weighted by Crippen LogP contribution is -2.03. The number of fused-ring (bicyclic) bond motifs is 1. The molecule has 3 aromatic rings. The zero-order chi connectivity index (χ0) is 14.1. The summed E-state index contributed by atoms with van der Waals surface area (Å²) in [7, 11) is 0. The van der Waals surface area contributed by atoms with E-state index in [1.807, 2.05) is 34.9 Å². The van der Waals surface area contributed by atoms with Crippen molar-refractivity contribution in [2.24, 2.45) is 0 Å². The van der Waals surface area contributed by atoms with Crippen molar-refractivity contribution in [2.45, 2.75) is 6.42 Å². The molecule has 3 rings (SSSR count). The number of pyridine rings is 1. The summed E-state index contributed by atoms with van der Waals surface area (Å²) in [6.07, 6.45) is 2.42. The van der Waals surface area contributed by atoms with Crippen molar-refractivity contribution in [1.82, 2.24) is 14.5 Å². The summed E-state index contributed by atoms with van der Waals surface area (Å²) in [6.45, 7) is 0. The summed E-state index contributed by atoms with van der Waals surface area (Å²) in [5, 5.41) is 0.665. The van der Waals surface area contributed by atoms with Crippen molar-refractivity contribution in [2.75, 3.05) is 5.88 Å². The summed E-state index contributed by atoms with van der Waals surface area (Å²) in [5.41, 5.74) is 2.56. The lowest BCUT2D eigenvalue weighted by atomic mass is 10.3. The van der Waals surface area contributed by atoms with E-state index in [1.165, 1.54) is 0 Å². The highest BCUT2D eigenvalue weighted by Crippen LogP contribution is 2.29. The monoisotopic (exact) mass is 369 g/mol. The molecule has 0 atom stereocenters. The van der Waals surface area contributed by atoms with E-state index in [4.69, 9.17) is 23.2 Å². The summed E-state index contributed by atoms with van der Waals surface area (Å²) >= 11 is 15.6.